The lowest BCUT2D eigenvalue weighted by Gasteiger charge is -2.43. The monoisotopic (exact) mass is 401 g/mol. The standard InChI is InChI=1S/C23H19N3O4/c1-2-20(28)24-12-16(13-24)26-11-15-7-8-25(22(29)21(15)23(26)30)19-10-17(27)9-14-5-3-4-6-18(14)19/h2-10,16,27H,1,11-13H2. The number of phenols is 1. The number of hydrogen-bond acceptors (Lipinski definition) is 4. The van der Waals surface area contributed by atoms with Crippen molar-refractivity contribution < 1.29 is 14.7 Å². The lowest BCUT2D eigenvalue weighted by Crippen LogP contribution is -2.60. The zero-order chi connectivity index (χ0) is 21.0. The summed E-state index contributed by atoms with van der Waals surface area (Å²) < 4.78 is 1.41. The van der Waals surface area contributed by atoms with Crippen molar-refractivity contribution in [1.29, 1.82) is 0 Å². The Morgan fingerprint density at radius 3 is 2.67 bits per heavy atom. The Balaban J connectivity index is 1.52. The molecule has 1 saturated heterocycles. The Bertz CT molecular complexity index is 1290. The molecule has 2 aliphatic heterocycles. The van der Waals surface area contributed by atoms with Crippen LogP contribution in [0.4, 0.5) is 0 Å². The molecule has 7 heteroatoms. The van der Waals surface area contributed by atoms with Gasteiger partial charge in [0.25, 0.3) is 11.5 Å². The predicted molar refractivity (Wildman–Crippen MR) is 112 cm³/mol. The van der Waals surface area contributed by atoms with E-state index in [1.165, 1.54) is 16.7 Å². The van der Waals surface area contributed by atoms with Gasteiger partial charge in [0, 0.05) is 37.3 Å². The molecule has 150 valence electrons. The van der Waals surface area contributed by atoms with E-state index < -0.39 is 5.56 Å². The molecule has 30 heavy (non-hydrogen) atoms. The van der Waals surface area contributed by atoms with Gasteiger partial charge in [0.15, 0.2) is 0 Å². The number of hydrogen-bond donors (Lipinski definition) is 1. The molecule has 3 heterocycles. The van der Waals surface area contributed by atoms with Crippen molar-refractivity contribution in [3.63, 3.8) is 0 Å². The van der Waals surface area contributed by atoms with E-state index in [4.69, 9.17) is 0 Å². The van der Waals surface area contributed by atoms with Crippen molar-refractivity contribution in [3.05, 3.63) is 82.8 Å². The van der Waals surface area contributed by atoms with Crippen molar-refractivity contribution in [2.75, 3.05) is 13.1 Å². The van der Waals surface area contributed by atoms with Crippen LogP contribution in [0.1, 0.15) is 15.9 Å². The van der Waals surface area contributed by atoms with E-state index in [9.17, 15) is 19.5 Å². The maximum absolute atomic E-state index is 13.3. The molecule has 0 aliphatic carbocycles. The van der Waals surface area contributed by atoms with Crippen LogP contribution in [0.15, 0.2) is 66.1 Å². The van der Waals surface area contributed by atoms with E-state index in [0.717, 1.165) is 10.8 Å². The molecule has 0 unspecified atom stereocenters. The fourth-order valence-corrected chi connectivity index (χ4v) is 4.25. The number of phenolic OH excluding ortho intramolecular Hbond substituents is 1. The van der Waals surface area contributed by atoms with Crippen molar-refractivity contribution in [2.45, 2.75) is 12.6 Å². The largest absolute Gasteiger partial charge is 0.508 e. The van der Waals surface area contributed by atoms with Crippen LogP contribution in [0.3, 0.4) is 0 Å². The summed E-state index contributed by atoms with van der Waals surface area (Å²) in [5.41, 5.74) is 0.947. The molecule has 2 aliphatic rings. The van der Waals surface area contributed by atoms with Crippen molar-refractivity contribution >= 4 is 22.6 Å². The minimum Gasteiger partial charge on any atom is -0.508 e. The second-order valence-electron chi connectivity index (χ2n) is 7.61. The predicted octanol–water partition coefficient (Wildman–Crippen LogP) is 2.05. The molecule has 1 fully saturated rings. The topological polar surface area (TPSA) is 82.8 Å². The number of carbonyl (C=O) groups is 2. The SMILES string of the molecule is C=CC(=O)N1CC(N2Cc3ccn(-c4cc(O)cc5ccccc45)c(=O)c3C2=O)C1. The Morgan fingerprint density at radius 1 is 1.13 bits per heavy atom. The molecule has 0 radical (unpaired) electrons. The Hall–Kier alpha value is -3.87. The Labute approximate surface area is 172 Å². The van der Waals surface area contributed by atoms with Crippen LogP contribution in [0.2, 0.25) is 0 Å². The second-order valence-corrected chi connectivity index (χ2v) is 7.61. The highest BCUT2D eigenvalue weighted by Gasteiger charge is 2.41. The van der Waals surface area contributed by atoms with E-state index in [1.807, 2.05) is 24.3 Å². The fraction of sp³-hybridized carbons (Fsp3) is 0.174. The molecule has 1 aromatic heterocycles. The molecule has 2 amide bonds. The fourth-order valence-electron chi connectivity index (χ4n) is 4.25. The van der Waals surface area contributed by atoms with Crippen LogP contribution in [-0.2, 0) is 11.3 Å². The number of nitrogens with zero attached hydrogens (tertiary/aromatic N) is 3. The van der Waals surface area contributed by atoms with Gasteiger partial charge in [-0.25, -0.2) is 0 Å². The highest BCUT2D eigenvalue weighted by molar-refractivity contribution is 5.99. The van der Waals surface area contributed by atoms with Gasteiger partial charge in [0.1, 0.15) is 11.3 Å². The number of fused-ring (bicyclic) bond motifs is 2. The quantitative estimate of drug-likeness (QED) is 0.681. The van der Waals surface area contributed by atoms with Crippen molar-refractivity contribution in [2.24, 2.45) is 0 Å². The van der Waals surface area contributed by atoms with Crippen LogP contribution in [-0.4, -0.2) is 50.4 Å². The lowest BCUT2D eigenvalue weighted by atomic mass is 10.1. The van der Waals surface area contributed by atoms with Crippen LogP contribution in [0.25, 0.3) is 16.5 Å². The van der Waals surface area contributed by atoms with Gasteiger partial charge in [-0.15, -0.1) is 0 Å². The Kier molecular flexibility index (Phi) is 3.99. The van der Waals surface area contributed by atoms with Crippen LogP contribution >= 0.6 is 0 Å². The van der Waals surface area contributed by atoms with Crippen LogP contribution in [0, 0.1) is 0 Å². The molecule has 1 N–H and O–H groups in total. The molecule has 2 aromatic carbocycles. The molecule has 0 bridgehead atoms. The minimum atomic E-state index is -0.408. The number of likely N-dealkylation sites (tertiary alicyclic amines) is 1. The first kappa shape index (κ1) is 18.2. The van der Waals surface area contributed by atoms with Gasteiger partial charge in [-0.2, -0.15) is 0 Å². The third-order valence-corrected chi connectivity index (χ3v) is 5.87. The molecular weight excluding hydrogens is 382 g/mol. The summed E-state index contributed by atoms with van der Waals surface area (Å²) in [6.07, 6.45) is 2.91. The van der Waals surface area contributed by atoms with E-state index >= 15 is 0 Å². The number of pyridine rings is 1. The minimum absolute atomic E-state index is 0.0468. The summed E-state index contributed by atoms with van der Waals surface area (Å²) in [6, 6.07) is 12.3. The van der Waals surface area contributed by atoms with Gasteiger partial charge in [0.05, 0.1) is 11.7 Å². The number of carbonyl (C=O) groups excluding carboxylic acids is 2. The third kappa shape index (κ3) is 2.62. The van der Waals surface area contributed by atoms with Crippen molar-refractivity contribution in [1.82, 2.24) is 14.4 Å². The second kappa shape index (κ2) is 6.59. The zero-order valence-corrected chi connectivity index (χ0v) is 16.1. The van der Waals surface area contributed by atoms with E-state index in [0.29, 0.717) is 30.9 Å². The average Bonchev–Trinajstić information content (AvgIpc) is 3.03. The Morgan fingerprint density at radius 2 is 1.90 bits per heavy atom. The average molecular weight is 401 g/mol. The maximum atomic E-state index is 13.3. The molecule has 7 nitrogen and oxygen atoms in total. The maximum Gasteiger partial charge on any atom is 0.268 e. The first-order chi connectivity index (χ1) is 14.5. The number of amides is 2. The van der Waals surface area contributed by atoms with Gasteiger partial charge in [-0.05, 0) is 29.2 Å². The number of benzene rings is 2. The lowest BCUT2D eigenvalue weighted by molar-refractivity contribution is -0.132. The number of aromatic hydroxyl groups is 1. The van der Waals surface area contributed by atoms with Crippen LogP contribution < -0.4 is 5.56 Å². The first-order valence-electron chi connectivity index (χ1n) is 9.67. The highest BCUT2D eigenvalue weighted by atomic mass is 16.3. The number of rotatable bonds is 3. The summed E-state index contributed by atoms with van der Waals surface area (Å²) in [6.45, 7) is 4.71. The highest BCUT2D eigenvalue weighted by Crippen LogP contribution is 2.29. The molecule has 5 rings (SSSR count). The molecule has 0 spiro atoms. The van der Waals surface area contributed by atoms with Gasteiger partial charge in [-0.3, -0.25) is 19.0 Å². The van der Waals surface area contributed by atoms with Gasteiger partial charge in [-0.1, -0.05) is 30.8 Å². The smallest absolute Gasteiger partial charge is 0.268 e. The van der Waals surface area contributed by atoms with E-state index in [1.54, 1.807) is 28.1 Å². The van der Waals surface area contributed by atoms with Crippen LogP contribution in [0.5, 0.6) is 5.75 Å². The van der Waals surface area contributed by atoms with Gasteiger partial charge >= 0.3 is 0 Å². The van der Waals surface area contributed by atoms with E-state index in [-0.39, 0.29) is 29.2 Å². The summed E-state index contributed by atoms with van der Waals surface area (Å²) in [5.74, 6) is -0.427. The third-order valence-electron chi connectivity index (χ3n) is 5.87. The summed E-state index contributed by atoms with van der Waals surface area (Å²) in [5, 5.41) is 11.7. The molecule has 3 aromatic rings. The first-order valence-corrected chi connectivity index (χ1v) is 9.67. The summed E-state index contributed by atoms with van der Waals surface area (Å²) in [4.78, 5) is 41.3. The van der Waals surface area contributed by atoms with Gasteiger partial charge < -0.3 is 14.9 Å². The number of aromatic nitrogens is 1. The molecule has 0 atom stereocenters. The van der Waals surface area contributed by atoms with Crippen molar-refractivity contribution in [3.8, 4) is 11.4 Å². The molecule has 0 saturated carbocycles. The van der Waals surface area contributed by atoms with Gasteiger partial charge in [0.2, 0.25) is 5.91 Å². The molecular formula is C23H19N3O4. The van der Waals surface area contributed by atoms with E-state index in [2.05, 4.69) is 6.58 Å². The zero-order valence-electron chi connectivity index (χ0n) is 16.1. The summed E-state index contributed by atoms with van der Waals surface area (Å²) in [7, 11) is 0. The normalized spacial score (nSPS) is 15.9. The summed E-state index contributed by atoms with van der Waals surface area (Å²) >= 11 is 0.